The van der Waals surface area contributed by atoms with Crippen molar-refractivity contribution in [1.82, 2.24) is 20.2 Å². The van der Waals surface area contributed by atoms with Crippen molar-refractivity contribution in [3.05, 3.63) is 35.4 Å². The summed E-state index contributed by atoms with van der Waals surface area (Å²) >= 11 is 1.50. The predicted molar refractivity (Wildman–Crippen MR) is 73.1 cm³/mol. The molecule has 0 saturated heterocycles. The van der Waals surface area contributed by atoms with Gasteiger partial charge in [-0.05, 0) is 17.7 Å². The molecule has 0 unspecified atom stereocenters. The van der Waals surface area contributed by atoms with Crippen LogP contribution in [0.1, 0.15) is 15.9 Å². The van der Waals surface area contributed by atoms with Crippen molar-refractivity contribution in [3.63, 3.8) is 0 Å². The van der Waals surface area contributed by atoms with Crippen LogP contribution < -0.4 is 17.0 Å². The second-order valence-corrected chi connectivity index (χ2v) is 4.80. The number of aromatic nitrogens is 3. The molecular weight excluding hydrogens is 264 g/mol. The summed E-state index contributed by atoms with van der Waals surface area (Å²) in [5.74, 6) is 5.83. The quantitative estimate of drug-likeness (QED) is 0.321. The van der Waals surface area contributed by atoms with Crippen LogP contribution in [0.3, 0.4) is 0 Å². The van der Waals surface area contributed by atoms with E-state index in [0.29, 0.717) is 17.3 Å². The second-order valence-electron chi connectivity index (χ2n) is 3.86. The number of nitrogens with two attached hydrogens (primary N) is 2. The molecule has 0 saturated carbocycles. The van der Waals surface area contributed by atoms with Gasteiger partial charge in [0.05, 0.1) is 0 Å². The molecule has 0 aliphatic rings. The van der Waals surface area contributed by atoms with Gasteiger partial charge in [-0.25, -0.2) is 5.84 Å². The Hall–Kier alpha value is -2.06. The summed E-state index contributed by atoms with van der Waals surface area (Å²) < 4.78 is 1.71. The van der Waals surface area contributed by atoms with Crippen LogP contribution in [0.2, 0.25) is 0 Å². The highest BCUT2D eigenvalue weighted by Crippen LogP contribution is 2.21. The zero-order valence-corrected chi connectivity index (χ0v) is 11.1. The van der Waals surface area contributed by atoms with Gasteiger partial charge in [-0.3, -0.25) is 14.8 Å². The number of carbonyl (C=O) groups is 1. The Morgan fingerprint density at radius 1 is 1.47 bits per heavy atom. The summed E-state index contributed by atoms with van der Waals surface area (Å²) in [6, 6.07) is 7.23. The third-order valence-electron chi connectivity index (χ3n) is 2.56. The molecule has 0 spiro atoms. The van der Waals surface area contributed by atoms with Crippen molar-refractivity contribution < 1.29 is 4.79 Å². The van der Waals surface area contributed by atoms with Gasteiger partial charge in [0.1, 0.15) is 0 Å². The number of anilines is 1. The molecule has 0 radical (unpaired) electrons. The predicted octanol–water partition coefficient (Wildman–Crippen LogP) is 0.293. The Kier molecular flexibility index (Phi) is 4.03. The van der Waals surface area contributed by atoms with Crippen molar-refractivity contribution in [2.75, 3.05) is 5.73 Å². The van der Waals surface area contributed by atoms with Crippen molar-refractivity contribution in [2.45, 2.75) is 10.9 Å². The maximum Gasteiger partial charge on any atom is 0.265 e. The van der Waals surface area contributed by atoms with Crippen LogP contribution in [0.5, 0.6) is 0 Å². The zero-order chi connectivity index (χ0) is 13.8. The second kappa shape index (κ2) is 5.72. The molecule has 1 aromatic heterocycles. The summed E-state index contributed by atoms with van der Waals surface area (Å²) in [6.45, 7) is 0. The van der Waals surface area contributed by atoms with E-state index in [4.69, 9.17) is 11.6 Å². The van der Waals surface area contributed by atoms with Gasteiger partial charge in [0.25, 0.3) is 5.91 Å². The Labute approximate surface area is 114 Å². The minimum absolute atomic E-state index is 0.310. The minimum atomic E-state index is -0.310. The molecular formula is C11H14N6OS. The Bertz CT molecular complexity index is 597. The summed E-state index contributed by atoms with van der Waals surface area (Å²) in [5.41, 5.74) is 9.23. The molecule has 2 rings (SSSR count). The standard InChI is InChI=1S/C11H14N6OS/c1-17-10(12)15-16-11(17)19-6-7-3-2-4-8(5-7)9(18)14-13/h2-5H,6,13H2,1H3,(H2,12,15)(H,14,18). The Balaban J connectivity index is 2.07. The molecule has 0 aliphatic heterocycles. The van der Waals surface area contributed by atoms with E-state index in [2.05, 4.69) is 15.6 Å². The van der Waals surface area contributed by atoms with Crippen molar-refractivity contribution in [1.29, 1.82) is 0 Å². The number of nitrogens with one attached hydrogen (secondary N) is 1. The lowest BCUT2D eigenvalue weighted by atomic mass is 10.1. The normalized spacial score (nSPS) is 10.4. The first-order valence-electron chi connectivity index (χ1n) is 5.49. The fourth-order valence-corrected chi connectivity index (χ4v) is 2.35. The van der Waals surface area contributed by atoms with Gasteiger partial charge in [0.15, 0.2) is 5.16 Å². The highest BCUT2D eigenvalue weighted by Gasteiger charge is 2.08. The summed E-state index contributed by atoms with van der Waals surface area (Å²) in [5, 5.41) is 8.46. The number of amides is 1. The summed E-state index contributed by atoms with van der Waals surface area (Å²) in [7, 11) is 1.80. The van der Waals surface area contributed by atoms with Gasteiger partial charge < -0.3 is 5.73 Å². The van der Waals surface area contributed by atoms with Crippen molar-refractivity contribution in [3.8, 4) is 0 Å². The third kappa shape index (κ3) is 3.04. The number of hydrazine groups is 1. The SMILES string of the molecule is Cn1c(N)nnc1SCc1cccc(C(=O)NN)c1. The molecule has 0 atom stereocenters. The number of hydrogen-bond donors (Lipinski definition) is 3. The summed E-state index contributed by atoms with van der Waals surface area (Å²) in [4.78, 5) is 11.4. The molecule has 0 fully saturated rings. The van der Waals surface area contributed by atoms with E-state index in [-0.39, 0.29) is 5.91 Å². The van der Waals surface area contributed by atoms with Gasteiger partial charge in [0, 0.05) is 18.4 Å². The topological polar surface area (TPSA) is 112 Å². The molecule has 7 nitrogen and oxygen atoms in total. The number of nitrogen functional groups attached to an aromatic ring is 2. The van der Waals surface area contributed by atoms with Crippen LogP contribution in [0.25, 0.3) is 0 Å². The van der Waals surface area contributed by atoms with E-state index in [1.54, 1.807) is 23.7 Å². The van der Waals surface area contributed by atoms with E-state index in [1.807, 2.05) is 12.1 Å². The first kappa shape index (κ1) is 13.4. The highest BCUT2D eigenvalue weighted by atomic mass is 32.2. The van der Waals surface area contributed by atoms with Gasteiger partial charge in [-0.2, -0.15) is 0 Å². The Morgan fingerprint density at radius 3 is 2.89 bits per heavy atom. The van der Waals surface area contributed by atoms with Crippen LogP contribution in [0.15, 0.2) is 29.4 Å². The molecule has 1 aromatic carbocycles. The van der Waals surface area contributed by atoms with E-state index in [9.17, 15) is 4.79 Å². The molecule has 0 bridgehead atoms. The highest BCUT2D eigenvalue weighted by molar-refractivity contribution is 7.98. The molecule has 0 aliphatic carbocycles. The number of thioether (sulfide) groups is 1. The number of hydrogen-bond acceptors (Lipinski definition) is 6. The molecule has 5 N–H and O–H groups in total. The van der Waals surface area contributed by atoms with Crippen LogP contribution in [-0.2, 0) is 12.8 Å². The number of rotatable bonds is 4. The average molecular weight is 278 g/mol. The average Bonchev–Trinajstić information content (AvgIpc) is 2.76. The maximum atomic E-state index is 11.4. The Morgan fingerprint density at radius 2 is 2.26 bits per heavy atom. The third-order valence-corrected chi connectivity index (χ3v) is 3.65. The number of carbonyl (C=O) groups excluding carboxylic acids is 1. The van der Waals surface area contributed by atoms with Crippen LogP contribution in [-0.4, -0.2) is 20.7 Å². The smallest absolute Gasteiger partial charge is 0.265 e. The van der Waals surface area contributed by atoms with E-state index < -0.39 is 0 Å². The molecule has 1 amide bonds. The largest absolute Gasteiger partial charge is 0.368 e. The number of benzene rings is 1. The van der Waals surface area contributed by atoms with Crippen molar-refractivity contribution >= 4 is 23.6 Å². The van der Waals surface area contributed by atoms with E-state index >= 15 is 0 Å². The van der Waals surface area contributed by atoms with E-state index in [1.165, 1.54) is 11.8 Å². The summed E-state index contributed by atoms with van der Waals surface area (Å²) in [6.07, 6.45) is 0. The maximum absolute atomic E-state index is 11.4. The monoisotopic (exact) mass is 278 g/mol. The van der Waals surface area contributed by atoms with Gasteiger partial charge in [-0.15, -0.1) is 10.2 Å². The first-order chi connectivity index (χ1) is 9.11. The fourth-order valence-electron chi connectivity index (χ4n) is 1.49. The lowest BCUT2D eigenvalue weighted by Crippen LogP contribution is -2.29. The fraction of sp³-hybridized carbons (Fsp3) is 0.182. The van der Waals surface area contributed by atoms with Crippen LogP contribution in [0.4, 0.5) is 5.95 Å². The first-order valence-corrected chi connectivity index (χ1v) is 6.48. The van der Waals surface area contributed by atoms with E-state index in [0.717, 1.165) is 10.7 Å². The van der Waals surface area contributed by atoms with Crippen LogP contribution in [0, 0.1) is 0 Å². The van der Waals surface area contributed by atoms with Crippen molar-refractivity contribution in [2.24, 2.45) is 12.9 Å². The van der Waals surface area contributed by atoms with Crippen LogP contribution >= 0.6 is 11.8 Å². The van der Waals surface area contributed by atoms with Gasteiger partial charge in [0.2, 0.25) is 5.95 Å². The van der Waals surface area contributed by atoms with Gasteiger partial charge >= 0.3 is 0 Å². The molecule has 2 aromatic rings. The molecule has 8 heteroatoms. The lowest BCUT2D eigenvalue weighted by Gasteiger charge is -2.04. The molecule has 1 heterocycles. The van der Waals surface area contributed by atoms with Gasteiger partial charge in [-0.1, -0.05) is 23.9 Å². The number of nitrogens with zero attached hydrogens (tertiary/aromatic N) is 3. The lowest BCUT2D eigenvalue weighted by molar-refractivity contribution is 0.0953. The molecule has 100 valence electrons. The molecule has 19 heavy (non-hydrogen) atoms. The minimum Gasteiger partial charge on any atom is -0.368 e. The zero-order valence-electron chi connectivity index (χ0n) is 10.3.